The number of hydrogen-bond acceptors (Lipinski definition) is 4. The van der Waals surface area contributed by atoms with Gasteiger partial charge in [0.05, 0.1) is 0 Å². The molecule has 2 aliphatic carbocycles. The fourth-order valence-corrected chi connectivity index (χ4v) is 5.40. The maximum atomic E-state index is 13.2. The second-order valence-corrected chi connectivity index (χ2v) is 10.7. The Kier molecular flexibility index (Phi) is 4.84. The molecule has 3 heterocycles. The molecule has 2 aromatic carbocycles. The number of rotatable bonds is 6. The van der Waals surface area contributed by atoms with Crippen LogP contribution in [0.4, 0.5) is 0 Å². The van der Waals surface area contributed by atoms with Crippen LogP contribution in [-0.2, 0) is 9.59 Å². The molecule has 0 radical (unpaired) electrons. The first-order valence-corrected chi connectivity index (χ1v) is 12.9. The third kappa shape index (κ3) is 3.72. The van der Waals surface area contributed by atoms with Gasteiger partial charge in [0.25, 0.3) is 5.91 Å². The summed E-state index contributed by atoms with van der Waals surface area (Å²) >= 11 is 0. The van der Waals surface area contributed by atoms with Gasteiger partial charge in [-0.05, 0) is 54.0 Å². The summed E-state index contributed by atoms with van der Waals surface area (Å²) in [6, 6.07) is 20.9. The number of amidine groups is 1. The van der Waals surface area contributed by atoms with E-state index in [4.69, 9.17) is 4.99 Å². The van der Waals surface area contributed by atoms with Gasteiger partial charge in [0.1, 0.15) is 11.4 Å². The van der Waals surface area contributed by atoms with Crippen LogP contribution >= 0.6 is 0 Å². The van der Waals surface area contributed by atoms with Crippen molar-refractivity contribution in [3.05, 3.63) is 78.6 Å². The Hall–Kier alpha value is -3.80. The summed E-state index contributed by atoms with van der Waals surface area (Å²) in [5, 5.41) is 0. The van der Waals surface area contributed by atoms with Crippen LogP contribution in [0.1, 0.15) is 31.2 Å². The Balaban J connectivity index is 1.07. The standard InChI is InChI=1S/C30H28N4O2/c35-28(25-11-12-25)33-17-20(18-33)19-34-27(32-30(13-14-30)29(34)36)24-9-7-22(8-10-24)21-3-5-23(6-4-21)26-2-1-15-31-16-26/h1-10,15-16,20,25H,11-14,17-19H2. The predicted octanol–water partition coefficient (Wildman–Crippen LogP) is 4.41. The molecule has 6 heteroatoms. The Morgan fingerprint density at radius 3 is 2.03 bits per heavy atom. The molecular formula is C30H28N4O2. The van der Waals surface area contributed by atoms with Crippen LogP contribution in [0.3, 0.4) is 0 Å². The van der Waals surface area contributed by atoms with Crippen molar-refractivity contribution >= 4 is 17.6 Å². The number of carbonyl (C=O) groups is 2. The highest BCUT2D eigenvalue weighted by molar-refractivity contribution is 6.16. The molecule has 7 rings (SSSR count). The van der Waals surface area contributed by atoms with E-state index in [0.717, 1.165) is 72.4 Å². The van der Waals surface area contributed by atoms with Crippen LogP contribution in [-0.4, -0.2) is 57.6 Å². The van der Waals surface area contributed by atoms with Crippen molar-refractivity contribution < 1.29 is 9.59 Å². The van der Waals surface area contributed by atoms with Crippen molar-refractivity contribution in [3.8, 4) is 22.3 Å². The number of aromatic nitrogens is 1. The minimum atomic E-state index is -0.524. The number of nitrogens with zero attached hydrogens (tertiary/aromatic N) is 4. The smallest absolute Gasteiger partial charge is 0.256 e. The van der Waals surface area contributed by atoms with E-state index in [1.54, 1.807) is 6.20 Å². The van der Waals surface area contributed by atoms with Gasteiger partial charge in [-0.2, -0.15) is 0 Å². The van der Waals surface area contributed by atoms with Crippen molar-refractivity contribution in [1.29, 1.82) is 0 Å². The van der Waals surface area contributed by atoms with Crippen LogP contribution in [0.15, 0.2) is 78.0 Å². The SMILES string of the molecule is O=C(C1CC1)N1CC(CN2C(=O)C3(CC3)N=C2c2ccc(-c3ccc(-c4cccnc4)cc3)cc2)C1. The molecule has 6 nitrogen and oxygen atoms in total. The number of likely N-dealkylation sites (tertiary alicyclic amines) is 1. The van der Waals surface area contributed by atoms with Gasteiger partial charge in [-0.1, -0.05) is 54.6 Å². The van der Waals surface area contributed by atoms with Gasteiger partial charge < -0.3 is 4.90 Å². The number of amides is 2. The number of hydrogen-bond donors (Lipinski definition) is 0. The summed E-state index contributed by atoms with van der Waals surface area (Å²) in [6.45, 7) is 2.16. The normalized spacial score (nSPS) is 20.4. The third-order valence-corrected chi connectivity index (χ3v) is 7.93. The van der Waals surface area contributed by atoms with Crippen LogP contribution < -0.4 is 0 Å². The molecule has 4 aliphatic rings. The summed E-state index contributed by atoms with van der Waals surface area (Å²) in [4.78, 5) is 38.5. The van der Waals surface area contributed by atoms with Gasteiger partial charge in [-0.15, -0.1) is 0 Å². The molecule has 0 N–H and O–H groups in total. The Morgan fingerprint density at radius 1 is 0.861 bits per heavy atom. The summed E-state index contributed by atoms with van der Waals surface area (Å²) in [6.07, 6.45) is 7.40. The average Bonchev–Trinajstić information content (AvgIpc) is 3.82. The monoisotopic (exact) mass is 476 g/mol. The van der Waals surface area contributed by atoms with E-state index in [0.29, 0.717) is 18.4 Å². The molecule has 1 saturated heterocycles. The first-order valence-electron chi connectivity index (χ1n) is 12.9. The quantitative estimate of drug-likeness (QED) is 0.530. The van der Waals surface area contributed by atoms with E-state index in [1.165, 1.54) is 0 Å². The van der Waals surface area contributed by atoms with Crippen LogP contribution in [0.2, 0.25) is 0 Å². The zero-order valence-corrected chi connectivity index (χ0v) is 20.1. The van der Waals surface area contributed by atoms with E-state index >= 15 is 0 Å². The Labute approximate surface area is 210 Å². The van der Waals surface area contributed by atoms with Gasteiger partial charge in [-0.25, -0.2) is 0 Å². The lowest BCUT2D eigenvalue weighted by Crippen LogP contribution is -2.55. The Morgan fingerprint density at radius 2 is 1.47 bits per heavy atom. The molecule has 1 spiro atoms. The van der Waals surface area contributed by atoms with E-state index in [9.17, 15) is 9.59 Å². The first kappa shape index (κ1) is 21.5. The second-order valence-electron chi connectivity index (χ2n) is 10.7. The summed E-state index contributed by atoms with van der Waals surface area (Å²) < 4.78 is 0. The maximum absolute atomic E-state index is 13.2. The fraction of sp³-hybridized carbons (Fsp3) is 0.333. The molecule has 2 saturated carbocycles. The molecule has 3 aromatic rings. The lowest BCUT2D eigenvalue weighted by Gasteiger charge is -2.41. The zero-order chi connectivity index (χ0) is 24.3. The number of carbonyl (C=O) groups excluding carboxylic acids is 2. The van der Waals surface area contributed by atoms with Crippen molar-refractivity contribution in [2.45, 2.75) is 31.2 Å². The minimum absolute atomic E-state index is 0.138. The van der Waals surface area contributed by atoms with E-state index in [2.05, 4.69) is 59.6 Å². The second kappa shape index (κ2) is 8.12. The van der Waals surface area contributed by atoms with Crippen molar-refractivity contribution in [2.75, 3.05) is 19.6 Å². The highest BCUT2D eigenvalue weighted by atomic mass is 16.2. The van der Waals surface area contributed by atoms with Crippen LogP contribution in [0.5, 0.6) is 0 Å². The number of pyridine rings is 1. The third-order valence-electron chi connectivity index (χ3n) is 7.93. The zero-order valence-electron chi connectivity index (χ0n) is 20.1. The van der Waals surface area contributed by atoms with Crippen molar-refractivity contribution in [1.82, 2.24) is 14.8 Å². The molecule has 0 unspecified atom stereocenters. The largest absolute Gasteiger partial charge is 0.342 e. The molecule has 180 valence electrons. The van der Waals surface area contributed by atoms with E-state index in [1.807, 2.05) is 22.1 Å². The number of aliphatic imine (C=N–C) groups is 1. The van der Waals surface area contributed by atoms with Crippen LogP contribution in [0, 0.1) is 11.8 Å². The lowest BCUT2D eigenvalue weighted by atomic mass is 9.97. The van der Waals surface area contributed by atoms with E-state index < -0.39 is 5.54 Å². The first-order chi connectivity index (χ1) is 17.6. The molecule has 0 bridgehead atoms. The molecule has 2 aliphatic heterocycles. The average molecular weight is 477 g/mol. The molecule has 3 fully saturated rings. The topological polar surface area (TPSA) is 65.9 Å². The van der Waals surface area contributed by atoms with Gasteiger partial charge in [-0.3, -0.25) is 24.5 Å². The molecule has 0 atom stereocenters. The van der Waals surface area contributed by atoms with Gasteiger partial charge in [0.15, 0.2) is 0 Å². The predicted molar refractivity (Wildman–Crippen MR) is 138 cm³/mol. The van der Waals surface area contributed by atoms with Gasteiger partial charge >= 0.3 is 0 Å². The Bertz CT molecular complexity index is 1350. The summed E-state index contributed by atoms with van der Waals surface area (Å²) in [7, 11) is 0. The lowest BCUT2D eigenvalue weighted by molar-refractivity contribution is -0.139. The molecular weight excluding hydrogens is 448 g/mol. The molecule has 2 amide bonds. The van der Waals surface area contributed by atoms with E-state index in [-0.39, 0.29) is 11.8 Å². The van der Waals surface area contributed by atoms with Gasteiger partial charge in [0.2, 0.25) is 5.91 Å². The number of benzene rings is 2. The summed E-state index contributed by atoms with van der Waals surface area (Å²) in [5.41, 5.74) is 4.97. The summed E-state index contributed by atoms with van der Waals surface area (Å²) in [5.74, 6) is 1.82. The van der Waals surface area contributed by atoms with Gasteiger partial charge in [0, 0.05) is 49.4 Å². The fourth-order valence-electron chi connectivity index (χ4n) is 5.40. The van der Waals surface area contributed by atoms with Crippen molar-refractivity contribution in [2.24, 2.45) is 16.8 Å². The highest BCUT2D eigenvalue weighted by Gasteiger charge is 2.57. The maximum Gasteiger partial charge on any atom is 0.256 e. The van der Waals surface area contributed by atoms with Crippen LogP contribution in [0.25, 0.3) is 22.3 Å². The molecule has 1 aromatic heterocycles. The highest BCUT2D eigenvalue weighted by Crippen LogP contribution is 2.46. The van der Waals surface area contributed by atoms with Crippen molar-refractivity contribution in [3.63, 3.8) is 0 Å². The molecule has 36 heavy (non-hydrogen) atoms. The minimum Gasteiger partial charge on any atom is -0.342 e.